The number of benzene rings is 1. The third kappa shape index (κ3) is 13.2. The van der Waals surface area contributed by atoms with Crippen LogP contribution in [-0.4, -0.2) is 134 Å². The van der Waals surface area contributed by atoms with Crippen LogP contribution in [0.5, 0.6) is 0 Å². The summed E-state index contributed by atoms with van der Waals surface area (Å²) in [5, 5.41) is 15.3. The fourth-order valence-corrected chi connectivity index (χ4v) is 6.97. The Kier molecular flexibility index (Phi) is 20.4. The predicted molar refractivity (Wildman–Crippen MR) is 207 cm³/mol. The molecule has 1 aromatic heterocycles. The van der Waals surface area contributed by atoms with Gasteiger partial charge in [-0.3, -0.25) is 24.1 Å². The van der Waals surface area contributed by atoms with Crippen molar-refractivity contribution >= 4 is 23.6 Å². The Balaban J connectivity index is 0.00000325. The van der Waals surface area contributed by atoms with Crippen LogP contribution in [0, 0.1) is 11.8 Å². The Hall–Kier alpha value is -3.85. The maximum absolute atomic E-state index is 14.0. The first kappa shape index (κ1) is 46.3. The van der Waals surface area contributed by atoms with Crippen LogP contribution in [0.15, 0.2) is 47.2 Å². The van der Waals surface area contributed by atoms with E-state index in [0.717, 1.165) is 18.4 Å². The molecule has 1 fully saturated rings. The van der Waals surface area contributed by atoms with Crippen LogP contribution in [0.4, 0.5) is 0 Å². The minimum Gasteiger partial charge on any atom is -0.447 e. The Labute approximate surface area is 322 Å². The highest BCUT2D eigenvalue weighted by Crippen LogP contribution is 2.30. The standard InChI is InChI=1S/C37H58N6O8.C3H8/c1-9-24(2)33(42(6)32(46)22-39-36(48)29(23-44)41(4)5)30(49-7)21-31(45)43-18-13-16-28(43)34(50-8)25(3)35(47)40-27(37-38-17-19-51-37)20-26-14-11-10-12-15-26;1-3-2/h10-12,14-15,17,19,24-25,27-30,33-34,44H,9,13,16,18,20-23H2,1-8H3,(H,39,48)(H,40,47);3H2,1-2H3. The summed E-state index contributed by atoms with van der Waals surface area (Å²) in [5.74, 6) is -1.42. The van der Waals surface area contributed by atoms with Gasteiger partial charge in [0.2, 0.25) is 29.5 Å². The molecule has 0 aliphatic carbocycles. The highest BCUT2D eigenvalue weighted by Gasteiger charge is 2.42. The summed E-state index contributed by atoms with van der Waals surface area (Å²) in [6.07, 6.45) is 5.71. The van der Waals surface area contributed by atoms with Gasteiger partial charge in [0.25, 0.3) is 0 Å². The molecule has 0 radical (unpaired) electrons. The van der Waals surface area contributed by atoms with Gasteiger partial charge in [-0.15, -0.1) is 0 Å². The van der Waals surface area contributed by atoms with Crippen molar-refractivity contribution in [3.05, 3.63) is 54.2 Å². The van der Waals surface area contributed by atoms with Crippen LogP contribution >= 0.6 is 0 Å². The van der Waals surface area contributed by atoms with E-state index in [2.05, 4.69) is 29.5 Å². The van der Waals surface area contributed by atoms with Crippen molar-refractivity contribution in [2.24, 2.45) is 11.8 Å². The smallest absolute Gasteiger partial charge is 0.242 e. The molecule has 8 unspecified atom stereocenters. The zero-order chi connectivity index (χ0) is 40.4. The highest BCUT2D eigenvalue weighted by atomic mass is 16.5. The Morgan fingerprint density at radius 3 is 2.24 bits per heavy atom. The first-order chi connectivity index (χ1) is 25.8. The van der Waals surface area contributed by atoms with Gasteiger partial charge in [-0.2, -0.15) is 0 Å². The van der Waals surface area contributed by atoms with E-state index in [1.165, 1.54) is 19.8 Å². The molecule has 54 heavy (non-hydrogen) atoms. The summed E-state index contributed by atoms with van der Waals surface area (Å²) in [5.41, 5.74) is 1.02. The number of likely N-dealkylation sites (tertiary alicyclic amines) is 1. The minimum atomic E-state index is -0.778. The number of rotatable bonds is 20. The third-order valence-corrected chi connectivity index (χ3v) is 10.2. The minimum absolute atomic E-state index is 0.0134. The van der Waals surface area contributed by atoms with E-state index in [1.54, 1.807) is 56.1 Å². The summed E-state index contributed by atoms with van der Waals surface area (Å²) < 4.78 is 17.4. The van der Waals surface area contributed by atoms with Gasteiger partial charge >= 0.3 is 0 Å². The molecule has 1 aliphatic heterocycles. The van der Waals surface area contributed by atoms with Gasteiger partial charge in [0, 0.05) is 34.2 Å². The molecule has 4 amide bonds. The van der Waals surface area contributed by atoms with Gasteiger partial charge < -0.3 is 39.4 Å². The number of aromatic nitrogens is 1. The summed E-state index contributed by atoms with van der Waals surface area (Å²) >= 11 is 0. The van der Waals surface area contributed by atoms with Crippen LogP contribution < -0.4 is 10.6 Å². The molecule has 1 aliphatic rings. The maximum Gasteiger partial charge on any atom is 0.242 e. The number of likely N-dealkylation sites (N-methyl/N-ethyl adjacent to an activating group) is 2. The Bertz CT molecular complexity index is 1390. The lowest BCUT2D eigenvalue weighted by molar-refractivity contribution is -0.146. The summed E-state index contributed by atoms with van der Waals surface area (Å²) in [6, 6.07) is 7.70. The zero-order valence-corrected chi connectivity index (χ0v) is 34.1. The zero-order valence-electron chi connectivity index (χ0n) is 34.1. The monoisotopic (exact) mass is 758 g/mol. The molecule has 3 N–H and O–H groups in total. The normalized spacial score (nSPS) is 18.0. The summed E-state index contributed by atoms with van der Waals surface area (Å²) in [4.78, 5) is 62.9. The lowest BCUT2D eigenvalue weighted by Gasteiger charge is -2.39. The van der Waals surface area contributed by atoms with Gasteiger partial charge in [0.15, 0.2) is 0 Å². The van der Waals surface area contributed by atoms with Crippen molar-refractivity contribution in [2.75, 3.05) is 55.1 Å². The second-order valence-corrected chi connectivity index (χ2v) is 14.4. The molecular formula is C40H66N6O8. The lowest BCUT2D eigenvalue weighted by Crippen LogP contribution is -2.55. The highest BCUT2D eigenvalue weighted by molar-refractivity contribution is 5.87. The van der Waals surface area contributed by atoms with E-state index in [4.69, 9.17) is 13.9 Å². The number of hydrogen-bond acceptors (Lipinski definition) is 10. The second-order valence-electron chi connectivity index (χ2n) is 14.4. The molecule has 0 bridgehead atoms. The van der Waals surface area contributed by atoms with Crippen molar-refractivity contribution in [3.8, 4) is 0 Å². The quantitative estimate of drug-likeness (QED) is 0.182. The number of amides is 4. The van der Waals surface area contributed by atoms with Gasteiger partial charge in [0.05, 0.1) is 56.0 Å². The van der Waals surface area contributed by atoms with E-state index in [1.807, 2.05) is 44.2 Å². The topological polar surface area (TPSA) is 167 Å². The molecule has 2 heterocycles. The number of carbonyl (C=O) groups is 4. The molecule has 1 aromatic carbocycles. The molecule has 0 spiro atoms. The molecule has 1 saturated heterocycles. The number of methoxy groups -OCH3 is 2. The molecule has 0 saturated carbocycles. The first-order valence-corrected chi connectivity index (χ1v) is 19.2. The first-order valence-electron chi connectivity index (χ1n) is 19.2. The largest absolute Gasteiger partial charge is 0.447 e. The number of aliphatic hydroxyl groups is 1. The number of aliphatic hydroxyl groups excluding tert-OH is 1. The van der Waals surface area contributed by atoms with E-state index >= 15 is 0 Å². The Morgan fingerprint density at radius 2 is 1.70 bits per heavy atom. The number of oxazole rings is 1. The SMILES string of the molecule is CCC.CCC(C)C(C(CC(=O)N1CCCC1C(OC)C(C)C(=O)NC(Cc1ccccc1)c1ncco1)OC)N(C)C(=O)CNC(=O)C(CO)N(C)C. The molecule has 14 heteroatoms. The fraction of sp³-hybridized carbons (Fsp3) is 0.675. The van der Waals surface area contributed by atoms with Crippen molar-refractivity contribution in [1.29, 1.82) is 0 Å². The number of ether oxygens (including phenoxy) is 2. The molecule has 8 atom stereocenters. The van der Waals surface area contributed by atoms with Crippen molar-refractivity contribution in [1.82, 2.24) is 30.3 Å². The predicted octanol–water partition coefficient (Wildman–Crippen LogP) is 3.45. The van der Waals surface area contributed by atoms with Crippen LogP contribution in [0.3, 0.4) is 0 Å². The molecule has 14 nitrogen and oxygen atoms in total. The molecular weight excluding hydrogens is 692 g/mol. The van der Waals surface area contributed by atoms with Gasteiger partial charge in [0.1, 0.15) is 18.3 Å². The summed E-state index contributed by atoms with van der Waals surface area (Å²) in [7, 11) is 8.09. The van der Waals surface area contributed by atoms with E-state index in [9.17, 15) is 24.3 Å². The van der Waals surface area contributed by atoms with Crippen LogP contribution in [-0.2, 0) is 35.1 Å². The summed E-state index contributed by atoms with van der Waals surface area (Å²) in [6.45, 7) is 9.93. The molecule has 3 rings (SSSR count). The number of carbonyl (C=O) groups excluding carboxylic acids is 4. The van der Waals surface area contributed by atoms with Gasteiger partial charge in [-0.1, -0.05) is 77.8 Å². The van der Waals surface area contributed by atoms with Crippen LogP contribution in [0.2, 0.25) is 0 Å². The number of hydrogen-bond donors (Lipinski definition) is 3. The molecule has 304 valence electrons. The fourth-order valence-electron chi connectivity index (χ4n) is 6.97. The number of nitrogens with one attached hydrogen (secondary N) is 2. The van der Waals surface area contributed by atoms with E-state index in [-0.39, 0.29) is 49.3 Å². The van der Waals surface area contributed by atoms with E-state index in [0.29, 0.717) is 25.3 Å². The Morgan fingerprint density at radius 1 is 1.04 bits per heavy atom. The average Bonchev–Trinajstić information content (AvgIpc) is 3.88. The van der Waals surface area contributed by atoms with Crippen LogP contribution in [0.1, 0.15) is 84.2 Å². The second kappa shape index (κ2) is 23.8. The van der Waals surface area contributed by atoms with Crippen molar-refractivity contribution < 1.29 is 38.2 Å². The molecule has 2 aromatic rings. The number of nitrogens with zero attached hydrogens (tertiary/aromatic N) is 4. The average molecular weight is 759 g/mol. The van der Waals surface area contributed by atoms with Gasteiger partial charge in [-0.25, -0.2) is 4.98 Å². The van der Waals surface area contributed by atoms with Crippen LogP contribution in [0.25, 0.3) is 0 Å². The lowest BCUT2D eigenvalue weighted by atomic mass is 9.90. The van der Waals surface area contributed by atoms with Crippen molar-refractivity contribution in [2.45, 2.75) is 110 Å². The maximum atomic E-state index is 14.0. The van der Waals surface area contributed by atoms with Crippen molar-refractivity contribution in [3.63, 3.8) is 0 Å². The van der Waals surface area contributed by atoms with E-state index < -0.39 is 42.2 Å². The third-order valence-electron chi connectivity index (χ3n) is 10.2. The van der Waals surface area contributed by atoms with Gasteiger partial charge in [-0.05, 0) is 38.4 Å².